The summed E-state index contributed by atoms with van der Waals surface area (Å²) >= 11 is 0. The second kappa shape index (κ2) is 9.09. The van der Waals surface area contributed by atoms with E-state index in [9.17, 15) is 9.59 Å². The summed E-state index contributed by atoms with van der Waals surface area (Å²) in [7, 11) is 0. The highest BCUT2D eigenvalue weighted by atomic mass is 16.2. The highest BCUT2D eigenvalue weighted by molar-refractivity contribution is 6.43. The lowest BCUT2D eigenvalue weighted by Gasteiger charge is -2.24. The molecule has 1 N–H and O–H groups in total. The van der Waals surface area contributed by atoms with Gasteiger partial charge in [0.2, 0.25) is 0 Å². The normalized spacial score (nSPS) is 15.1. The van der Waals surface area contributed by atoms with Gasteiger partial charge in [-0.15, -0.1) is 0 Å². The quantitative estimate of drug-likeness (QED) is 0.352. The number of nitrogens with one attached hydrogen (secondary N) is 1. The zero-order valence-electron chi connectivity index (χ0n) is 19.4. The number of ketones is 1. The van der Waals surface area contributed by atoms with Gasteiger partial charge in [0.1, 0.15) is 0 Å². The molecule has 1 atom stereocenters. The zero-order valence-corrected chi connectivity index (χ0v) is 19.4. The maximum atomic E-state index is 13.2. The second-order valence-electron chi connectivity index (χ2n) is 8.73. The highest BCUT2D eigenvalue weighted by Crippen LogP contribution is 2.30. The zero-order chi connectivity index (χ0) is 23.7. The van der Waals surface area contributed by atoms with E-state index in [-0.39, 0.29) is 6.04 Å². The second-order valence-corrected chi connectivity index (χ2v) is 8.73. The fourth-order valence-electron chi connectivity index (χ4n) is 4.79. The Kier molecular flexibility index (Phi) is 5.84. The van der Waals surface area contributed by atoms with E-state index in [1.54, 1.807) is 11.6 Å². The molecule has 2 aromatic carbocycles. The molecule has 1 aliphatic rings. The first kappa shape index (κ1) is 21.8. The molecule has 0 saturated carbocycles. The van der Waals surface area contributed by atoms with Crippen LogP contribution in [-0.2, 0) is 17.8 Å². The van der Waals surface area contributed by atoms with Gasteiger partial charge in [-0.05, 0) is 50.8 Å². The molecule has 2 heterocycles. The van der Waals surface area contributed by atoms with Crippen molar-refractivity contribution in [3.05, 3.63) is 101 Å². The van der Waals surface area contributed by atoms with Gasteiger partial charge in [-0.25, -0.2) is 4.68 Å². The molecule has 0 spiro atoms. The number of aryl methyl sites for hydroxylation is 1. The Bertz CT molecular complexity index is 1340. The van der Waals surface area contributed by atoms with Crippen LogP contribution < -0.4 is 5.32 Å². The number of benzene rings is 2. The molecule has 7 heteroatoms. The summed E-state index contributed by atoms with van der Waals surface area (Å²) in [5.74, 6) is -1.16. The fraction of sp³-hybridized carbons (Fsp3) is 0.259. The van der Waals surface area contributed by atoms with Crippen molar-refractivity contribution < 1.29 is 9.59 Å². The summed E-state index contributed by atoms with van der Waals surface area (Å²) in [6.07, 6.45) is 4.45. The molecule has 1 amide bonds. The SMILES string of the molecule is Cc1nn(-c2ccccc2)c(C)c1C(=O)C(=O)NC1CCCc2c1cnn2Cc1ccccc1. The molecular formula is C27H27N5O2. The molecule has 0 radical (unpaired) electrons. The Morgan fingerprint density at radius 3 is 2.47 bits per heavy atom. The van der Waals surface area contributed by atoms with Crippen molar-refractivity contribution in [3.63, 3.8) is 0 Å². The Morgan fingerprint density at radius 2 is 1.74 bits per heavy atom. The van der Waals surface area contributed by atoms with Crippen LogP contribution in [0.25, 0.3) is 5.69 Å². The molecule has 7 nitrogen and oxygen atoms in total. The summed E-state index contributed by atoms with van der Waals surface area (Å²) in [4.78, 5) is 26.2. The number of para-hydroxylation sites is 1. The Balaban J connectivity index is 1.35. The van der Waals surface area contributed by atoms with E-state index in [0.717, 1.165) is 36.2 Å². The average molecular weight is 454 g/mol. The minimum Gasteiger partial charge on any atom is -0.342 e. The van der Waals surface area contributed by atoms with Crippen LogP contribution >= 0.6 is 0 Å². The van der Waals surface area contributed by atoms with E-state index in [2.05, 4.69) is 27.6 Å². The summed E-state index contributed by atoms with van der Waals surface area (Å²) in [6, 6.07) is 19.6. The van der Waals surface area contributed by atoms with Crippen LogP contribution in [0, 0.1) is 13.8 Å². The van der Waals surface area contributed by atoms with Crippen LogP contribution in [0.5, 0.6) is 0 Å². The molecule has 2 aromatic heterocycles. The number of amides is 1. The number of hydrogen-bond acceptors (Lipinski definition) is 4. The topological polar surface area (TPSA) is 81.8 Å². The van der Waals surface area contributed by atoms with Crippen LogP contribution in [0.1, 0.15) is 57.5 Å². The third-order valence-corrected chi connectivity index (χ3v) is 6.47. The number of rotatable bonds is 6. The van der Waals surface area contributed by atoms with Crippen molar-refractivity contribution in [1.29, 1.82) is 0 Å². The third-order valence-electron chi connectivity index (χ3n) is 6.47. The lowest BCUT2D eigenvalue weighted by Crippen LogP contribution is -2.36. The molecular weight excluding hydrogens is 426 g/mol. The lowest BCUT2D eigenvalue weighted by atomic mass is 9.92. The minimum atomic E-state index is -0.604. The summed E-state index contributed by atoms with van der Waals surface area (Å²) in [5.41, 5.74) is 5.71. The van der Waals surface area contributed by atoms with E-state index in [0.29, 0.717) is 23.5 Å². The van der Waals surface area contributed by atoms with Crippen LogP contribution in [-0.4, -0.2) is 31.3 Å². The number of Topliss-reactive ketones (excluding diaryl/α,β-unsaturated/α-hetero) is 1. The predicted octanol–water partition coefficient (Wildman–Crippen LogP) is 4.11. The lowest BCUT2D eigenvalue weighted by molar-refractivity contribution is -0.117. The van der Waals surface area contributed by atoms with E-state index >= 15 is 0 Å². The van der Waals surface area contributed by atoms with Gasteiger partial charge >= 0.3 is 0 Å². The fourth-order valence-corrected chi connectivity index (χ4v) is 4.79. The largest absolute Gasteiger partial charge is 0.342 e. The van der Waals surface area contributed by atoms with Crippen LogP contribution in [0.15, 0.2) is 66.9 Å². The molecule has 172 valence electrons. The molecule has 0 saturated heterocycles. The van der Waals surface area contributed by atoms with E-state index in [4.69, 9.17) is 0 Å². The van der Waals surface area contributed by atoms with Crippen LogP contribution in [0.3, 0.4) is 0 Å². The van der Waals surface area contributed by atoms with Gasteiger partial charge in [0.15, 0.2) is 0 Å². The summed E-state index contributed by atoms with van der Waals surface area (Å²) < 4.78 is 3.71. The number of carbonyl (C=O) groups is 2. The summed E-state index contributed by atoms with van der Waals surface area (Å²) in [5, 5.41) is 12.1. The minimum absolute atomic E-state index is 0.227. The Labute approximate surface area is 198 Å². The van der Waals surface area contributed by atoms with Crippen molar-refractivity contribution >= 4 is 11.7 Å². The van der Waals surface area contributed by atoms with Crippen molar-refractivity contribution in [2.45, 2.75) is 45.7 Å². The number of fused-ring (bicyclic) bond motifs is 1. The average Bonchev–Trinajstić information content (AvgIpc) is 3.40. The number of aromatic nitrogens is 4. The van der Waals surface area contributed by atoms with E-state index in [1.165, 1.54) is 5.56 Å². The van der Waals surface area contributed by atoms with Gasteiger partial charge in [-0.2, -0.15) is 10.2 Å². The highest BCUT2D eigenvalue weighted by Gasteiger charge is 2.30. The van der Waals surface area contributed by atoms with Crippen molar-refractivity contribution in [3.8, 4) is 5.69 Å². The third kappa shape index (κ3) is 4.05. The monoisotopic (exact) mass is 453 g/mol. The molecule has 0 aliphatic heterocycles. The van der Waals surface area contributed by atoms with Gasteiger partial charge in [0, 0.05) is 11.3 Å². The predicted molar refractivity (Wildman–Crippen MR) is 129 cm³/mol. The number of hydrogen-bond donors (Lipinski definition) is 1. The number of carbonyl (C=O) groups excluding carboxylic acids is 2. The first-order valence-electron chi connectivity index (χ1n) is 11.6. The molecule has 0 bridgehead atoms. The van der Waals surface area contributed by atoms with Crippen LogP contribution in [0.4, 0.5) is 0 Å². The molecule has 1 unspecified atom stereocenters. The molecule has 4 aromatic rings. The maximum absolute atomic E-state index is 13.2. The smallest absolute Gasteiger partial charge is 0.293 e. The van der Waals surface area contributed by atoms with E-state index < -0.39 is 11.7 Å². The number of nitrogens with zero attached hydrogens (tertiary/aromatic N) is 4. The first-order valence-corrected chi connectivity index (χ1v) is 11.6. The van der Waals surface area contributed by atoms with Gasteiger partial charge in [0.25, 0.3) is 11.7 Å². The molecule has 34 heavy (non-hydrogen) atoms. The van der Waals surface area contributed by atoms with Crippen LogP contribution in [0.2, 0.25) is 0 Å². The van der Waals surface area contributed by atoms with Gasteiger partial charge in [0.05, 0.1) is 41.4 Å². The van der Waals surface area contributed by atoms with Gasteiger partial charge in [-0.3, -0.25) is 14.3 Å². The maximum Gasteiger partial charge on any atom is 0.293 e. The van der Waals surface area contributed by atoms with Gasteiger partial charge < -0.3 is 5.32 Å². The van der Waals surface area contributed by atoms with E-state index in [1.807, 2.05) is 66.3 Å². The van der Waals surface area contributed by atoms with Crippen molar-refractivity contribution in [2.75, 3.05) is 0 Å². The molecule has 5 rings (SSSR count). The van der Waals surface area contributed by atoms with Gasteiger partial charge in [-0.1, -0.05) is 48.5 Å². The van der Waals surface area contributed by atoms with Crippen molar-refractivity contribution in [2.24, 2.45) is 0 Å². The Morgan fingerprint density at radius 1 is 1.03 bits per heavy atom. The van der Waals surface area contributed by atoms with Crippen molar-refractivity contribution in [1.82, 2.24) is 24.9 Å². The first-order chi connectivity index (χ1) is 16.5. The Hall–Kier alpha value is -4.00. The standard InChI is InChI=1S/C27H27N5O2/c1-18-25(19(2)32(30-18)21-12-7-4-8-13-21)26(33)27(34)29-23-14-9-15-24-22(23)16-28-31(24)17-20-10-5-3-6-11-20/h3-8,10-13,16,23H,9,14-15,17H2,1-2H3,(H,29,34). The summed E-state index contributed by atoms with van der Waals surface area (Å²) in [6.45, 7) is 4.27. The molecule has 1 aliphatic carbocycles. The molecule has 0 fully saturated rings.